The molecule has 2 N–H and O–H groups in total. The zero-order valence-corrected chi connectivity index (χ0v) is 5.00. The van der Waals surface area contributed by atoms with Crippen molar-refractivity contribution in [3.05, 3.63) is 12.2 Å². The van der Waals surface area contributed by atoms with Gasteiger partial charge in [-0.1, -0.05) is 12.2 Å². The number of hydrogen-bond donors (Lipinski definition) is 1. The van der Waals surface area contributed by atoms with E-state index in [9.17, 15) is 0 Å². The first kappa shape index (κ1) is 5.79. The molecule has 1 aliphatic carbocycles. The number of methoxy groups -OCH3 is 1. The van der Waals surface area contributed by atoms with Crippen LogP contribution < -0.4 is 5.73 Å². The summed E-state index contributed by atoms with van der Waals surface area (Å²) in [5.41, 5.74) is 5.53. The highest BCUT2D eigenvalue weighted by molar-refractivity contribution is 5.05. The molecule has 0 saturated carbocycles. The van der Waals surface area contributed by atoms with E-state index in [1.165, 1.54) is 0 Å². The van der Waals surface area contributed by atoms with Crippen LogP contribution in [-0.4, -0.2) is 19.3 Å². The molecule has 0 heterocycles. The molecule has 0 aliphatic heterocycles. The minimum absolute atomic E-state index is 0.222. The number of hydrogen-bond acceptors (Lipinski definition) is 2. The van der Waals surface area contributed by atoms with Crippen LogP contribution in [-0.2, 0) is 4.74 Å². The zero-order valence-electron chi connectivity index (χ0n) is 5.00. The Hall–Kier alpha value is -0.340. The molecule has 2 heteroatoms. The average molecular weight is 113 g/mol. The first-order valence-corrected chi connectivity index (χ1v) is 2.79. The van der Waals surface area contributed by atoms with Crippen molar-refractivity contribution < 1.29 is 4.74 Å². The predicted octanol–water partition coefficient (Wildman–Crippen LogP) is 0.289. The molecule has 2 unspecified atom stereocenters. The van der Waals surface area contributed by atoms with E-state index in [1.807, 2.05) is 12.2 Å². The van der Waals surface area contributed by atoms with Gasteiger partial charge in [0.05, 0.1) is 6.10 Å². The molecule has 46 valence electrons. The summed E-state index contributed by atoms with van der Waals surface area (Å²) < 4.78 is 5.01. The number of nitrogens with two attached hydrogens (primary N) is 1. The second-order valence-electron chi connectivity index (χ2n) is 2.06. The van der Waals surface area contributed by atoms with Crippen molar-refractivity contribution in [3.8, 4) is 0 Å². The summed E-state index contributed by atoms with van der Waals surface area (Å²) in [6.45, 7) is 0. The summed E-state index contributed by atoms with van der Waals surface area (Å²) in [5, 5.41) is 0. The van der Waals surface area contributed by atoms with Crippen molar-refractivity contribution in [2.75, 3.05) is 7.11 Å². The van der Waals surface area contributed by atoms with Crippen molar-refractivity contribution in [3.63, 3.8) is 0 Å². The van der Waals surface area contributed by atoms with Crippen molar-refractivity contribution >= 4 is 0 Å². The van der Waals surface area contributed by atoms with E-state index < -0.39 is 0 Å². The summed E-state index contributed by atoms with van der Waals surface area (Å²) in [6, 6.07) is 0.222. The van der Waals surface area contributed by atoms with Gasteiger partial charge in [0.1, 0.15) is 0 Å². The number of ether oxygens (including phenoxy) is 1. The molecule has 0 aromatic heterocycles. The minimum atomic E-state index is 0.222. The van der Waals surface area contributed by atoms with Crippen LogP contribution in [0.25, 0.3) is 0 Å². The molecule has 1 rings (SSSR count). The van der Waals surface area contributed by atoms with Crippen LogP contribution in [0.3, 0.4) is 0 Å². The number of rotatable bonds is 1. The lowest BCUT2D eigenvalue weighted by molar-refractivity contribution is 0.138. The Balaban J connectivity index is 2.34. The molecular formula is C6H11NO. The Labute approximate surface area is 49.3 Å². The molecule has 0 aromatic carbocycles. The normalized spacial score (nSPS) is 36.2. The van der Waals surface area contributed by atoms with Crippen molar-refractivity contribution in [1.29, 1.82) is 0 Å². The van der Waals surface area contributed by atoms with Gasteiger partial charge in [-0.3, -0.25) is 0 Å². The maximum absolute atomic E-state index is 5.53. The standard InChI is InChI=1S/C6H11NO/c1-8-6-3-2-5(7)4-6/h2-3,5-6H,4,7H2,1H3. The van der Waals surface area contributed by atoms with Crippen molar-refractivity contribution in [1.82, 2.24) is 0 Å². The van der Waals surface area contributed by atoms with Gasteiger partial charge in [0, 0.05) is 13.2 Å². The lowest BCUT2D eigenvalue weighted by Gasteiger charge is -2.04. The van der Waals surface area contributed by atoms with Gasteiger partial charge in [-0.2, -0.15) is 0 Å². The molecule has 0 spiro atoms. The summed E-state index contributed by atoms with van der Waals surface area (Å²) in [5.74, 6) is 0. The highest BCUT2D eigenvalue weighted by Gasteiger charge is 2.13. The fourth-order valence-corrected chi connectivity index (χ4v) is 0.867. The second-order valence-corrected chi connectivity index (χ2v) is 2.06. The Morgan fingerprint density at radius 2 is 2.38 bits per heavy atom. The molecule has 0 aromatic rings. The van der Waals surface area contributed by atoms with E-state index in [2.05, 4.69) is 0 Å². The van der Waals surface area contributed by atoms with Gasteiger partial charge >= 0.3 is 0 Å². The molecule has 0 saturated heterocycles. The summed E-state index contributed by atoms with van der Waals surface area (Å²) in [7, 11) is 1.70. The molecular weight excluding hydrogens is 102 g/mol. The van der Waals surface area contributed by atoms with E-state index >= 15 is 0 Å². The lowest BCUT2D eigenvalue weighted by atomic mass is 10.2. The third-order valence-corrected chi connectivity index (χ3v) is 1.38. The van der Waals surface area contributed by atoms with Gasteiger partial charge in [-0.05, 0) is 6.42 Å². The molecule has 0 bridgehead atoms. The SMILES string of the molecule is COC1C=CC(N)C1. The van der Waals surface area contributed by atoms with Gasteiger partial charge in [0.15, 0.2) is 0 Å². The van der Waals surface area contributed by atoms with Crippen LogP contribution in [0.15, 0.2) is 12.2 Å². The lowest BCUT2D eigenvalue weighted by Crippen LogP contribution is -2.17. The first-order chi connectivity index (χ1) is 3.83. The summed E-state index contributed by atoms with van der Waals surface area (Å²) in [4.78, 5) is 0. The van der Waals surface area contributed by atoms with E-state index in [-0.39, 0.29) is 12.1 Å². The van der Waals surface area contributed by atoms with E-state index in [0.29, 0.717) is 0 Å². The molecule has 2 nitrogen and oxygen atoms in total. The van der Waals surface area contributed by atoms with Crippen LogP contribution >= 0.6 is 0 Å². The smallest absolute Gasteiger partial charge is 0.0770 e. The Kier molecular flexibility index (Phi) is 1.65. The summed E-state index contributed by atoms with van der Waals surface area (Å²) >= 11 is 0. The van der Waals surface area contributed by atoms with E-state index in [0.717, 1.165) is 6.42 Å². The van der Waals surface area contributed by atoms with Crippen LogP contribution in [0.4, 0.5) is 0 Å². The fraction of sp³-hybridized carbons (Fsp3) is 0.667. The summed E-state index contributed by atoms with van der Waals surface area (Å²) in [6.07, 6.45) is 5.19. The highest BCUT2D eigenvalue weighted by Crippen LogP contribution is 2.10. The quantitative estimate of drug-likeness (QED) is 0.496. The highest BCUT2D eigenvalue weighted by atomic mass is 16.5. The van der Waals surface area contributed by atoms with Gasteiger partial charge < -0.3 is 10.5 Å². The van der Waals surface area contributed by atoms with Gasteiger partial charge in [-0.15, -0.1) is 0 Å². The Morgan fingerprint density at radius 3 is 2.62 bits per heavy atom. The van der Waals surface area contributed by atoms with Crippen LogP contribution in [0.2, 0.25) is 0 Å². The predicted molar refractivity (Wildman–Crippen MR) is 32.5 cm³/mol. The third kappa shape index (κ3) is 1.08. The maximum Gasteiger partial charge on any atom is 0.0770 e. The third-order valence-electron chi connectivity index (χ3n) is 1.38. The average Bonchev–Trinajstić information content (AvgIpc) is 2.14. The van der Waals surface area contributed by atoms with Crippen LogP contribution in [0.1, 0.15) is 6.42 Å². The van der Waals surface area contributed by atoms with Gasteiger partial charge in [0.2, 0.25) is 0 Å². The molecule has 8 heavy (non-hydrogen) atoms. The van der Waals surface area contributed by atoms with Crippen molar-refractivity contribution in [2.45, 2.75) is 18.6 Å². The first-order valence-electron chi connectivity index (χ1n) is 2.79. The van der Waals surface area contributed by atoms with Crippen molar-refractivity contribution in [2.24, 2.45) is 5.73 Å². The largest absolute Gasteiger partial charge is 0.377 e. The Morgan fingerprint density at radius 1 is 1.62 bits per heavy atom. The molecule has 0 amide bonds. The molecule has 0 fully saturated rings. The van der Waals surface area contributed by atoms with Crippen LogP contribution in [0.5, 0.6) is 0 Å². The van der Waals surface area contributed by atoms with E-state index in [4.69, 9.17) is 10.5 Å². The van der Waals surface area contributed by atoms with Gasteiger partial charge in [-0.25, -0.2) is 0 Å². The minimum Gasteiger partial charge on any atom is -0.377 e. The van der Waals surface area contributed by atoms with Crippen LogP contribution in [0, 0.1) is 0 Å². The Bertz CT molecular complexity index is 101. The van der Waals surface area contributed by atoms with Gasteiger partial charge in [0.25, 0.3) is 0 Å². The molecule has 1 aliphatic rings. The molecule has 0 radical (unpaired) electrons. The zero-order chi connectivity index (χ0) is 5.98. The monoisotopic (exact) mass is 113 g/mol. The topological polar surface area (TPSA) is 35.2 Å². The fourth-order valence-electron chi connectivity index (χ4n) is 0.867. The maximum atomic E-state index is 5.53. The van der Waals surface area contributed by atoms with E-state index in [1.54, 1.807) is 7.11 Å². The second kappa shape index (κ2) is 2.29. The molecule has 2 atom stereocenters.